The topological polar surface area (TPSA) is 72.2 Å². The van der Waals surface area contributed by atoms with Crippen molar-refractivity contribution in [3.05, 3.63) is 24.0 Å². The van der Waals surface area contributed by atoms with Crippen molar-refractivity contribution in [3.63, 3.8) is 0 Å². The first-order valence-electron chi connectivity index (χ1n) is 5.23. The van der Waals surface area contributed by atoms with E-state index in [-0.39, 0.29) is 23.5 Å². The summed E-state index contributed by atoms with van der Waals surface area (Å²) in [7, 11) is -4.03. The predicted molar refractivity (Wildman–Crippen MR) is 61.3 cm³/mol. The van der Waals surface area contributed by atoms with Gasteiger partial charge in [-0.3, -0.25) is 0 Å². The van der Waals surface area contributed by atoms with Gasteiger partial charge in [0, 0.05) is 13.0 Å². The van der Waals surface area contributed by atoms with Crippen LogP contribution < -0.4 is 10.5 Å². The summed E-state index contributed by atoms with van der Waals surface area (Å²) < 4.78 is 73.9. The number of alkyl halides is 3. The standard InChI is InChI=1S/C10H12F4N2O2S/c11-8-6-7(2-3-9(8)15)19(17,18)16-5-1-4-10(12,13)14/h2-3,6,16H,1,4-5,15H2. The Morgan fingerprint density at radius 2 is 1.89 bits per heavy atom. The monoisotopic (exact) mass is 300 g/mol. The highest BCUT2D eigenvalue weighted by molar-refractivity contribution is 7.89. The minimum atomic E-state index is -4.33. The number of rotatable bonds is 5. The van der Waals surface area contributed by atoms with Gasteiger partial charge in [-0.2, -0.15) is 13.2 Å². The maximum atomic E-state index is 13.1. The average Bonchev–Trinajstić information content (AvgIpc) is 2.27. The molecule has 0 aromatic heterocycles. The van der Waals surface area contributed by atoms with Gasteiger partial charge in [0.05, 0.1) is 10.6 Å². The SMILES string of the molecule is Nc1ccc(S(=O)(=O)NCCCC(F)(F)F)cc1F. The lowest BCUT2D eigenvalue weighted by atomic mass is 10.3. The molecule has 108 valence electrons. The van der Waals surface area contributed by atoms with Crippen molar-refractivity contribution in [2.45, 2.75) is 23.9 Å². The van der Waals surface area contributed by atoms with Crippen molar-refractivity contribution in [1.82, 2.24) is 4.72 Å². The van der Waals surface area contributed by atoms with Crippen LogP contribution in [0.5, 0.6) is 0 Å². The van der Waals surface area contributed by atoms with Gasteiger partial charge in [0.1, 0.15) is 5.82 Å². The molecular weight excluding hydrogens is 288 g/mol. The van der Waals surface area contributed by atoms with Crippen molar-refractivity contribution in [2.75, 3.05) is 12.3 Å². The van der Waals surface area contributed by atoms with Gasteiger partial charge in [0.25, 0.3) is 0 Å². The summed E-state index contributed by atoms with van der Waals surface area (Å²) in [6, 6.07) is 2.85. The van der Waals surface area contributed by atoms with Gasteiger partial charge in [-0.25, -0.2) is 17.5 Å². The number of anilines is 1. The second-order valence-electron chi connectivity index (χ2n) is 3.80. The van der Waals surface area contributed by atoms with Gasteiger partial charge >= 0.3 is 6.18 Å². The summed E-state index contributed by atoms with van der Waals surface area (Å²) in [5, 5.41) is 0. The largest absolute Gasteiger partial charge is 0.396 e. The quantitative estimate of drug-likeness (QED) is 0.496. The molecule has 0 saturated heterocycles. The van der Waals surface area contributed by atoms with E-state index in [0.29, 0.717) is 6.07 Å². The molecule has 19 heavy (non-hydrogen) atoms. The summed E-state index contributed by atoms with van der Waals surface area (Å²) in [6.07, 6.45) is -5.81. The van der Waals surface area contributed by atoms with E-state index in [0.717, 1.165) is 12.1 Å². The second kappa shape index (κ2) is 5.74. The third kappa shape index (κ3) is 5.03. The van der Waals surface area contributed by atoms with E-state index >= 15 is 0 Å². The Bertz CT molecular complexity index is 543. The van der Waals surface area contributed by atoms with Crippen LogP contribution in [-0.2, 0) is 10.0 Å². The van der Waals surface area contributed by atoms with Gasteiger partial charge in [0.2, 0.25) is 10.0 Å². The molecule has 0 saturated carbocycles. The second-order valence-corrected chi connectivity index (χ2v) is 5.57. The molecule has 0 atom stereocenters. The summed E-state index contributed by atoms with van der Waals surface area (Å²) in [6.45, 7) is -0.381. The molecule has 0 unspecified atom stereocenters. The number of benzene rings is 1. The highest BCUT2D eigenvalue weighted by atomic mass is 32.2. The molecule has 3 N–H and O–H groups in total. The van der Waals surface area contributed by atoms with Crippen molar-refractivity contribution < 1.29 is 26.0 Å². The maximum Gasteiger partial charge on any atom is 0.389 e. The predicted octanol–water partition coefficient (Wildman–Crippen LogP) is 2.03. The fraction of sp³-hybridized carbons (Fsp3) is 0.400. The molecular formula is C10H12F4N2O2S. The first-order valence-corrected chi connectivity index (χ1v) is 6.71. The Labute approximate surface area is 107 Å². The molecule has 1 aromatic rings. The third-order valence-electron chi connectivity index (χ3n) is 2.21. The lowest BCUT2D eigenvalue weighted by Gasteiger charge is -2.09. The van der Waals surface area contributed by atoms with Gasteiger partial charge in [-0.1, -0.05) is 0 Å². The van der Waals surface area contributed by atoms with E-state index in [2.05, 4.69) is 0 Å². The van der Waals surface area contributed by atoms with Crippen molar-refractivity contribution in [1.29, 1.82) is 0 Å². The summed E-state index contributed by atoms with van der Waals surface area (Å²) in [5.41, 5.74) is 4.97. The number of halogens is 4. The molecule has 0 spiro atoms. The fourth-order valence-corrected chi connectivity index (χ4v) is 2.34. The van der Waals surface area contributed by atoms with E-state index in [9.17, 15) is 26.0 Å². The molecule has 0 heterocycles. The normalized spacial score (nSPS) is 12.6. The molecule has 0 aliphatic rings. The molecule has 0 bridgehead atoms. The summed E-state index contributed by atoms with van der Waals surface area (Å²) >= 11 is 0. The van der Waals surface area contributed by atoms with E-state index < -0.39 is 28.4 Å². The number of sulfonamides is 1. The minimum Gasteiger partial charge on any atom is -0.396 e. The Hall–Kier alpha value is -1.35. The van der Waals surface area contributed by atoms with Crippen LogP contribution in [0.3, 0.4) is 0 Å². The molecule has 0 aliphatic heterocycles. The molecule has 0 amide bonds. The number of nitrogen functional groups attached to an aromatic ring is 1. The lowest BCUT2D eigenvalue weighted by molar-refractivity contribution is -0.135. The molecule has 1 rings (SSSR count). The minimum absolute atomic E-state index is 0.212. The molecule has 4 nitrogen and oxygen atoms in total. The Kier molecular flexibility index (Phi) is 4.75. The Balaban J connectivity index is 2.63. The van der Waals surface area contributed by atoms with Crippen LogP contribution in [0, 0.1) is 5.82 Å². The lowest BCUT2D eigenvalue weighted by Crippen LogP contribution is -2.26. The van der Waals surface area contributed by atoms with Crippen LogP contribution in [0.1, 0.15) is 12.8 Å². The van der Waals surface area contributed by atoms with E-state index in [1.807, 2.05) is 4.72 Å². The zero-order chi connectivity index (χ0) is 14.7. The van der Waals surface area contributed by atoms with Gasteiger partial charge < -0.3 is 5.73 Å². The zero-order valence-corrected chi connectivity index (χ0v) is 10.5. The van der Waals surface area contributed by atoms with Crippen molar-refractivity contribution >= 4 is 15.7 Å². The van der Waals surface area contributed by atoms with Crippen molar-refractivity contribution in [3.8, 4) is 0 Å². The molecule has 1 aromatic carbocycles. The number of hydrogen-bond acceptors (Lipinski definition) is 3. The number of nitrogens with two attached hydrogens (primary N) is 1. The summed E-state index contributed by atoms with van der Waals surface area (Å²) in [5.74, 6) is -0.904. The van der Waals surface area contributed by atoms with Crippen LogP contribution in [-0.4, -0.2) is 21.1 Å². The first kappa shape index (κ1) is 15.7. The Morgan fingerprint density at radius 3 is 2.42 bits per heavy atom. The van der Waals surface area contributed by atoms with Gasteiger partial charge in [-0.15, -0.1) is 0 Å². The fourth-order valence-electron chi connectivity index (χ4n) is 1.25. The van der Waals surface area contributed by atoms with Crippen LogP contribution in [0.2, 0.25) is 0 Å². The third-order valence-corrected chi connectivity index (χ3v) is 3.67. The van der Waals surface area contributed by atoms with Gasteiger partial charge in [0.15, 0.2) is 0 Å². The highest BCUT2D eigenvalue weighted by Crippen LogP contribution is 2.21. The van der Waals surface area contributed by atoms with Crippen molar-refractivity contribution in [2.24, 2.45) is 0 Å². The van der Waals surface area contributed by atoms with E-state index in [1.165, 1.54) is 0 Å². The first-order chi connectivity index (χ1) is 8.62. The molecule has 0 aliphatic carbocycles. The van der Waals surface area contributed by atoms with E-state index in [1.54, 1.807) is 0 Å². The highest BCUT2D eigenvalue weighted by Gasteiger charge is 2.26. The maximum absolute atomic E-state index is 13.1. The van der Waals surface area contributed by atoms with Crippen LogP contribution in [0.25, 0.3) is 0 Å². The molecule has 9 heteroatoms. The number of nitrogens with one attached hydrogen (secondary N) is 1. The summed E-state index contributed by atoms with van der Waals surface area (Å²) in [4.78, 5) is -0.383. The van der Waals surface area contributed by atoms with Crippen LogP contribution in [0.4, 0.5) is 23.2 Å². The Morgan fingerprint density at radius 1 is 1.26 bits per heavy atom. The smallest absolute Gasteiger partial charge is 0.389 e. The van der Waals surface area contributed by atoms with Crippen LogP contribution in [0.15, 0.2) is 23.1 Å². The van der Waals surface area contributed by atoms with Gasteiger partial charge in [-0.05, 0) is 24.6 Å². The molecule has 0 fully saturated rings. The molecule has 0 radical (unpaired) electrons. The zero-order valence-electron chi connectivity index (χ0n) is 9.67. The van der Waals surface area contributed by atoms with Crippen LogP contribution >= 0.6 is 0 Å². The average molecular weight is 300 g/mol. The van der Waals surface area contributed by atoms with E-state index in [4.69, 9.17) is 5.73 Å². The number of hydrogen-bond donors (Lipinski definition) is 2.